The molecule has 1 rings (SSSR count). The van der Waals surface area contributed by atoms with Crippen molar-refractivity contribution in [2.45, 2.75) is 26.2 Å². The number of carbonyl (C=O) groups is 2. The molecular weight excluding hydrogens is 299 g/mol. The van der Waals surface area contributed by atoms with Crippen molar-refractivity contribution in [3.63, 3.8) is 0 Å². The van der Waals surface area contributed by atoms with E-state index < -0.39 is 0 Å². The topological polar surface area (TPSA) is 49.4 Å². The van der Waals surface area contributed by atoms with Gasteiger partial charge in [0.15, 0.2) is 0 Å². The van der Waals surface area contributed by atoms with E-state index in [0.717, 1.165) is 12.8 Å². The molecule has 0 fully saturated rings. The highest BCUT2D eigenvalue weighted by Crippen LogP contribution is 2.24. The van der Waals surface area contributed by atoms with Gasteiger partial charge in [-0.2, -0.15) is 0 Å². The van der Waals surface area contributed by atoms with Gasteiger partial charge in [-0.25, -0.2) is 0 Å². The summed E-state index contributed by atoms with van der Waals surface area (Å²) in [6, 6.07) is 4.83. The van der Waals surface area contributed by atoms with Crippen molar-refractivity contribution in [1.82, 2.24) is 4.90 Å². The van der Waals surface area contributed by atoms with Crippen molar-refractivity contribution < 1.29 is 9.59 Å². The van der Waals surface area contributed by atoms with Gasteiger partial charge in [-0.3, -0.25) is 9.59 Å². The van der Waals surface area contributed by atoms with Gasteiger partial charge in [0.1, 0.15) is 0 Å². The van der Waals surface area contributed by atoms with Crippen LogP contribution in [0.2, 0.25) is 10.0 Å². The summed E-state index contributed by atoms with van der Waals surface area (Å²) in [5, 5.41) is 3.48. The first-order chi connectivity index (χ1) is 9.43. The molecule has 0 heterocycles. The quantitative estimate of drug-likeness (QED) is 0.872. The number of likely N-dealkylation sites (N-methyl/N-ethyl adjacent to an activating group) is 1. The molecule has 0 atom stereocenters. The number of halogens is 2. The van der Waals surface area contributed by atoms with Gasteiger partial charge in [-0.15, -0.1) is 0 Å². The van der Waals surface area contributed by atoms with Crippen LogP contribution < -0.4 is 5.32 Å². The van der Waals surface area contributed by atoms with Crippen LogP contribution in [0.15, 0.2) is 18.2 Å². The molecule has 0 aliphatic carbocycles. The average Bonchev–Trinajstić information content (AvgIpc) is 2.40. The van der Waals surface area contributed by atoms with Crippen LogP contribution in [0.1, 0.15) is 26.2 Å². The first-order valence-electron chi connectivity index (χ1n) is 6.43. The fourth-order valence-electron chi connectivity index (χ4n) is 1.60. The van der Waals surface area contributed by atoms with Crippen LogP contribution in [0, 0.1) is 0 Å². The number of amides is 2. The van der Waals surface area contributed by atoms with E-state index in [0.29, 0.717) is 22.2 Å². The van der Waals surface area contributed by atoms with Gasteiger partial charge in [0.25, 0.3) is 0 Å². The standard InChI is InChI=1S/C14H18Cl2N2O2/c1-3-4-5-14(20)18(2)9-13(19)17-10-6-7-11(15)12(16)8-10/h6-8H,3-5,9H2,1-2H3,(H,17,19). The molecule has 1 aromatic carbocycles. The Balaban J connectivity index is 2.50. The second-order valence-corrected chi connectivity index (χ2v) is 5.34. The van der Waals surface area contributed by atoms with Gasteiger partial charge in [0.2, 0.25) is 11.8 Å². The number of nitrogens with zero attached hydrogens (tertiary/aromatic N) is 1. The van der Waals surface area contributed by atoms with Gasteiger partial charge >= 0.3 is 0 Å². The third kappa shape index (κ3) is 5.39. The van der Waals surface area contributed by atoms with E-state index in [1.807, 2.05) is 6.92 Å². The Labute approximate surface area is 129 Å². The number of hydrogen-bond donors (Lipinski definition) is 1. The van der Waals surface area contributed by atoms with Crippen molar-refractivity contribution in [2.75, 3.05) is 18.9 Å². The number of nitrogens with one attached hydrogen (secondary N) is 1. The van der Waals surface area contributed by atoms with Gasteiger partial charge < -0.3 is 10.2 Å². The molecule has 0 aromatic heterocycles. The molecule has 20 heavy (non-hydrogen) atoms. The fraction of sp³-hybridized carbons (Fsp3) is 0.429. The van der Waals surface area contributed by atoms with E-state index in [4.69, 9.17) is 23.2 Å². The number of anilines is 1. The summed E-state index contributed by atoms with van der Waals surface area (Å²) in [5.41, 5.74) is 0.554. The van der Waals surface area contributed by atoms with Crippen LogP contribution in [-0.4, -0.2) is 30.3 Å². The van der Waals surface area contributed by atoms with Gasteiger partial charge in [0, 0.05) is 19.2 Å². The Morgan fingerprint density at radius 2 is 1.95 bits per heavy atom. The van der Waals surface area contributed by atoms with E-state index in [-0.39, 0.29) is 18.4 Å². The third-order valence-corrected chi connectivity index (χ3v) is 3.49. The summed E-state index contributed by atoms with van der Waals surface area (Å²) >= 11 is 11.7. The molecule has 0 radical (unpaired) electrons. The lowest BCUT2D eigenvalue weighted by Gasteiger charge is -2.16. The Bertz CT molecular complexity index is 492. The summed E-state index contributed by atoms with van der Waals surface area (Å²) in [7, 11) is 1.62. The van der Waals surface area contributed by atoms with Crippen LogP contribution in [0.3, 0.4) is 0 Å². The first-order valence-corrected chi connectivity index (χ1v) is 7.18. The molecule has 0 saturated heterocycles. The molecule has 110 valence electrons. The maximum atomic E-state index is 11.8. The van der Waals surface area contributed by atoms with E-state index in [9.17, 15) is 9.59 Å². The van der Waals surface area contributed by atoms with Crippen LogP contribution >= 0.6 is 23.2 Å². The lowest BCUT2D eigenvalue weighted by molar-refractivity contribution is -0.133. The van der Waals surface area contributed by atoms with Crippen molar-refractivity contribution in [3.05, 3.63) is 28.2 Å². The summed E-state index contributed by atoms with van der Waals surface area (Å²) in [5.74, 6) is -0.299. The average molecular weight is 317 g/mol. The first kappa shape index (κ1) is 16.8. The highest BCUT2D eigenvalue weighted by Gasteiger charge is 2.12. The monoisotopic (exact) mass is 316 g/mol. The SMILES string of the molecule is CCCCC(=O)N(C)CC(=O)Nc1ccc(Cl)c(Cl)c1. The van der Waals surface area contributed by atoms with Crippen molar-refractivity contribution in [1.29, 1.82) is 0 Å². The van der Waals surface area contributed by atoms with Crippen molar-refractivity contribution >= 4 is 40.7 Å². The predicted octanol–water partition coefficient (Wildman–Crippen LogP) is 3.58. The third-order valence-electron chi connectivity index (χ3n) is 2.75. The van der Waals surface area contributed by atoms with Crippen LogP contribution in [-0.2, 0) is 9.59 Å². The Morgan fingerprint density at radius 3 is 2.55 bits per heavy atom. The highest BCUT2D eigenvalue weighted by atomic mass is 35.5. The molecule has 4 nitrogen and oxygen atoms in total. The maximum absolute atomic E-state index is 11.8. The predicted molar refractivity (Wildman–Crippen MR) is 82.3 cm³/mol. The second-order valence-electron chi connectivity index (χ2n) is 4.53. The molecule has 0 spiro atoms. The number of hydrogen-bond acceptors (Lipinski definition) is 2. The molecule has 0 unspecified atom stereocenters. The summed E-state index contributed by atoms with van der Waals surface area (Å²) in [6.45, 7) is 2.03. The van der Waals surface area contributed by atoms with E-state index >= 15 is 0 Å². The zero-order chi connectivity index (χ0) is 15.1. The van der Waals surface area contributed by atoms with Crippen molar-refractivity contribution in [3.8, 4) is 0 Å². The van der Waals surface area contributed by atoms with Crippen LogP contribution in [0.25, 0.3) is 0 Å². The zero-order valence-corrected chi connectivity index (χ0v) is 13.1. The van der Waals surface area contributed by atoms with Crippen LogP contribution in [0.5, 0.6) is 0 Å². The Kier molecular flexibility index (Phi) is 6.82. The molecule has 0 aliphatic rings. The molecule has 1 aromatic rings. The minimum Gasteiger partial charge on any atom is -0.336 e. The van der Waals surface area contributed by atoms with Gasteiger partial charge in [-0.1, -0.05) is 36.5 Å². The summed E-state index contributed by atoms with van der Waals surface area (Å²) in [6.07, 6.45) is 2.25. The molecule has 1 N–H and O–H groups in total. The van der Waals surface area contributed by atoms with E-state index in [1.165, 1.54) is 4.90 Å². The summed E-state index contributed by atoms with van der Waals surface area (Å²) in [4.78, 5) is 24.9. The summed E-state index contributed by atoms with van der Waals surface area (Å²) < 4.78 is 0. The zero-order valence-electron chi connectivity index (χ0n) is 11.6. The minimum absolute atomic E-state index is 0.0167. The Hall–Kier alpha value is -1.26. The molecule has 0 bridgehead atoms. The largest absolute Gasteiger partial charge is 0.336 e. The van der Waals surface area contributed by atoms with Crippen molar-refractivity contribution in [2.24, 2.45) is 0 Å². The van der Waals surface area contributed by atoms with Crippen LogP contribution in [0.4, 0.5) is 5.69 Å². The smallest absolute Gasteiger partial charge is 0.243 e. The normalized spacial score (nSPS) is 10.2. The van der Waals surface area contributed by atoms with E-state index in [2.05, 4.69) is 5.32 Å². The number of rotatable bonds is 6. The number of unbranched alkanes of at least 4 members (excludes halogenated alkanes) is 1. The molecular formula is C14H18Cl2N2O2. The highest BCUT2D eigenvalue weighted by molar-refractivity contribution is 6.42. The van der Waals surface area contributed by atoms with E-state index in [1.54, 1.807) is 25.2 Å². The lowest BCUT2D eigenvalue weighted by atomic mass is 10.2. The number of carbonyl (C=O) groups excluding carboxylic acids is 2. The Morgan fingerprint density at radius 1 is 1.25 bits per heavy atom. The number of benzene rings is 1. The molecule has 2 amide bonds. The molecule has 6 heteroatoms. The molecule has 0 saturated carbocycles. The lowest BCUT2D eigenvalue weighted by Crippen LogP contribution is -2.34. The van der Waals surface area contributed by atoms with Gasteiger partial charge in [0.05, 0.1) is 16.6 Å². The second kappa shape index (κ2) is 8.12. The minimum atomic E-state index is -0.268. The van der Waals surface area contributed by atoms with Gasteiger partial charge in [-0.05, 0) is 24.6 Å². The molecule has 0 aliphatic heterocycles. The fourth-order valence-corrected chi connectivity index (χ4v) is 1.89. The maximum Gasteiger partial charge on any atom is 0.243 e.